The van der Waals surface area contributed by atoms with Crippen LogP contribution in [0.3, 0.4) is 0 Å². The second kappa shape index (κ2) is 11.4. The van der Waals surface area contributed by atoms with E-state index in [1.165, 1.54) is 4.31 Å². The second-order valence-corrected chi connectivity index (χ2v) is 9.68. The van der Waals surface area contributed by atoms with Crippen LogP contribution in [-0.2, 0) is 19.6 Å². The molecule has 0 saturated carbocycles. The summed E-state index contributed by atoms with van der Waals surface area (Å²) in [5, 5.41) is 10.8. The number of urea groups is 1. The lowest BCUT2D eigenvalue weighted by atomic mass is 10.2. The van der Waals surface area contributed by atoms with E-state index in [0.717, 1.165) is 11.8 Å². The lowest BCUT2D eigenvalue weighted by Gasteiger charge is -2.20. The van der Waals surface area contributed by atoms with Gasteiger partial charge in [0, 0.05) is 25.8 Å². The fraction of sp³-hybridized carbons (Fsp3) is 0.474. The molecular weight excluding hydrogens is 456 g/mol. The Labute approximate surface area is 191 Å². The zero-order valence-corrected chi connectivity index (χ0v) is 20.1. The fourth-order valence-electron chi connectivity index (χ4n) is 3.10. The number of nitrogens with two attached hydrogens (primary N) is 1. The van der Waals surface area contributed by atoms with Crippen molar-refractivity contribution in [2.45, 2.75) is 36.9 Å². The van der Waals surface area contributed by atoms with Crippen LogP contribution in [0, 0.1) is 0 Å². The van der Waals surface area contributed by atoms with Crippen LogP contribution in [0.25, 0.3) is 11.4 Å². The van der Waals surface area contributed by atoms with E-state index in [-0.39, 0.29) is 16.7 Å². The molecule has 1 aromatic heterocycles. The highest BCUT2D eigenvalue weighted by molar-refractivity contribution is 7.99. The molecular formula is C19H28N6O5S2. The summed E-state index contributed by atoms with van der Waals surface area (Å²) in [6.07, 6.45) is 0. The zero-order valence-electron chi connectivity index (χ0n) is 18.4. The number of methoxy groups -OCH3 is 1. The van der Waals surface area contributed by atoms with E-state index in [1.54, 1.807) is 49.8 Å². The molecule has 1 heterocycles. The third kappa shape index (κ3) is 6.06. The zero-order chi connectivity index (χ0) is 23.9. The van der Waals surface area contributed by atoms with Crippen LogP contribution in [-0.4, -0.2) is 72.0 Å². The van der Waals surface area contributed by atoms with E-state index in [9.17, 15) is 18.0 Å². The van der Waals surface area contributed by atoms with Crippen LogP contribution < -0.4 is 11.1 Å². The number of amides is 3. The Balaban J connectivity index is 2.46. The van der Waals surface area contributed by atoms with E-state index in [4.69, 9.17) is 10.5 Å². The summed E-state index contributed by atoms with van der Waals surface area (Å²) >= 11 is 1.08. The molecule has 2 rings (SSSR count). The van der Waals surface area contributed by atoms with Gasteiger partial charge in [-0.15, -0.1) is 10.2 Å². The number of imide groups is 1. The standard InChI is InChI=1S/C19H28N6O5S2/c1-5-24(6-2)32(28,29)15-9-7-8-14(10-15)17-22-23-19(25(17)13(3)11-30-4)31-12-16(26)21-18(20)27/h7-10,13H,5-6,11-12H2,1-4H3,(H3,20,21,26,27). The number of sulfonamides is 1. The van der Waals surface area contributed by atoms with E-state index >= 15 is 0 Å². The largest absolute Gasteiger partial charge is 0.383 e. The van der Waals surface area contributed by atoms with Crippen molar-refractivity contribution in [3.63, 3.8) is 0 Å². The van der Waals surface area contributed by atoms with Crippen molar-refractivity contribution >= 4 is 33.7 Å². The molecule has 0 saturated heterocycles. The van der Waals surface area contributed by atoms with Crippen LogP contribution in [0.2, 0.25) is 0 Å². The van der Waals surface area contributed by atoms with Crippen molar-refractivity contribution in [1.29, 1.82) is 0 Å². The molecule has 0 bridgehead atoms. The number of hydrogen-bond donors (Lipinski definition) is 2. The number of benzene rings is 1. The predicted molar refractivity (Wildman–Crippen MR) is 121 cm³/mol. The minimum absolute atomic E-state index is 0.100. The maximum absolute atomic E-state index is 12.9. The highest BCUT2D eigenvalue weighted by Gasteiger charge is 2.24. The van der Waals surface area contributed by atoms with Crippen molar-refractivity contribution in [3.8, 4) is 11.4 Å². The SMILES string of the molecule is CCN(CC)S(=O)(=O)c1cccc(-c2nnc(SCC(=O)NC(N)=O)n2C(C)COC)c1. The minimum Gasteiger partial charge on any atom is -0.383 e. The number of primary amides is 1. The summed E-state index contributed by atoms with van der Waals surface area (Å²) in [5.74, 6) is -0.230. The summed E-state index contributed by atoms with van der Waals surface area (Å²) in [6.45, 7) is 6.51. The molecule has 0 aliphatic heterocycles. The molecule has 0 radical (unpaired) electrons. The fourth-order valence-corrected chi connectivity index (χ4v) is 5.44. The van der Waals surface area contributed by atoms with Crippen molar-refractivity contribution in [1.82, 2.24) is 24.4 Å². The molecule has 13 heteroatoms. The molecule has 1 aromatic carbocycles. The highest BCUT2D eigenvalue weighted by Crippen LogP contribution is 2.29. The molecule has 11 nitrogen and oxygen atoms in total. The van der Waals surface area contributed by atoms with Gasteiger partial charge in [-0.2, -0.15) is 4.31 Å². The maximum Gasteiger partial charge on any atom is 0.318 e. The summed E-state index contributed by atoms with van der Waals surface area (Å²) in [5.41, 5.74) is 5.53. The number of carbonyl (C=O) groups is 2. The minimum atomic E-state index is -3.65. The third-order valence-corrected chi connectivity index (χ3v) is 7.53. The molecule has 3 N–H and O–H groups in total. The van der Waals surface area contributed by atoms with E-state index in [2.05, 4.69) is 10.2 Å². The van der Waals surface area contributed by atoms with Gasteiger partial charge in [0.05, 0.1) is 23.3 Å². The van der Waals surface area contributed by atoms with Gasteiger partial charge >= 0.3 is 6.03 Å². The summed E-state index contributed by atoms with van der Waals surface area (Å²) in [4.78, 5) is 22.8. The monoisotopic (exact) mass is 484 g/mol. The first-order chi connectivity index (χ1) is 15.1. The average molecular weight is 485 g/mol. The number of thioether (sulfide) groups is 1. The Kier molecular flexibility index (Phi) is 9.19. The smallest absolute Gasteiger partial charge is 0.318 e. The van der Waals surface area contributed by atoms with Gasteiger partial charge in [0.15, 0.2) is 11.0 Å². The molecule has 1 unspecified atom stereocenters. The molecule has 0 aliphatic carbocycles. The van der Waals surface area contributed by atoms with Gasteiger partial charge in [0.25, 0.3) is 0 Å². The highest BCUT2D eigenvalue weighted by atomic mass is 32.2. The van der Waals surface area contributed by atoms with Gasteiger partial charge in [0.1, 0.15) is 0 Å². The maximum atomic E-state index is 12.9. The first-order valence-electron chi connectivity index (χ1n) is 9.92. The molecule has 1 atom stereocenters. The van der Waals surface area contributed by atoms with Crippen molar-refractivity contribution in [3.05, 3.63) is 24.3 Å². The molecule has 0 fully saturated rings. The first kappa shape index (κ1) is 25.8. The second-order valence-electron chi connectivity index (χ2n) is 6.80. The van der Waals surface area contributed by atoms with Crippen molar-refractivity contribution < 1.29 is 22.7 Å². The van der Waals surface area contributed by atoms with E-state index < -0.39 is 22.0 Å². The number of carbonyl (C=O) groups excluding carboxylic acids is 2. The molecule has 0 aliphatic rings. The lowest BCUT2D eigenvalue weighted by molar-refractivity contribution is -0.117. The molecule has 176 valence electrons. The molecule has 2 aromatic rings. The topological polar surface area (TPSA) is 150 Å². The third-order valence-electron chi connectivity index (χ3n) is 4.54. The Morgan fingerprint density at radius 2 is 1.97 bits per heavy atom. The van der Waals surface area contributed by atoms with Crippen LogP contribution >= 0.6 is 11.8 Å². The molecule has 3 amide bonds. The number of ether oxygens (including phenoxy) is 1. The average Bonchev–Trinajstić information content (AvgIpc) is 3.17. The van der Waals surface area contributed by atoms with Gasteiger partial charge < -0.3 is 10.5 Å². The Hall–Kier alpha value is -2.48. The number of hydrogen-bond acceptors (Lipinski definition) is 8. The Bertz CT molecular complexity index is 1050. The molecule has 0 spiro atoms. The van der Waals surface area contributed by atoms with E-state index in [0.29, 0.717) is 36.2 Å². The Morgan fingerprint density at radius 1 is 1.28 bits per heavy atom. The van der Waals surface area contributed by atoms with Crippen molar-refractivity contribution in [2.75, 3.05) is 32.6 Å². The van der Waals surface area contributed by atoms with Crippen LogP contribution in [0.4, 0.5) is 4.79 Å². The predicted octanol–water partition coefficient (Wildman–Crippen LogP) is 1.47. The number of nitrogens with one attached hydrogen (secondary N) is 1. The number of aromatic nitrogens is 3. The van der Waals surface area contributed by atoms with Gasteiger partial charge in [-0.3, -0.25) is 14.7 Å². The molecule has 32 heavy (non-hydrogen) atoms. The van der Waals surface area contributed by atoms with Crippen LogP contribution in [0.15, 0.2) is 34.3 Å². The lowest BCUT2D eigenvalue weighted by Crippen LogP contribution is -2.36. The van der Waals surface area contributed by atoms with Crippen LogP contribution in [0.5, 0.6) is 0 Å². The van der Waals surface area contributed by atoms with Gasteiger partial charge in [-0.1, -0.05) is 37.7 Å². The first-order valence-corrected chi connectivity index (χ1v) is 12.3. The van der Waals surface area contributed by atoms with Gasteiger partial charge in [-0.05, 0) is 19.1 Å². The van der Waals surface area contributed by atoms with Gasteiger partial charge in [0.2, 0.25) is 15.9 Å². The van der Waals surface area contributed by atoms with E-state index in [1.807, 2.05) is 12.2 Å². The quantitative estimate of drug-likeness (QED) is 0.455. The summed E-state index contributed by atoms with van der Waals surface area (Å²) in [6, 6.07) is 5.35. The number of rotatable bonds is 11. The number of nitrogens with zero attached hydrogens (tertiary/aromatic N) is 4. The Morgan fingerprint density at radius 3 is 2.56 bits per heavy atom. The van der Waals surface area contributed by atoms with Crippen LogP contribution in [0.1, 0.15) is 26.8 Å². The van der Waals surface area contributed by atoms with Crippen molar-refractivity contribution in [2.24, 2.45) is 5.73 Å². The summed E-state index contributed by atoms with van der Waals surface area (Å²) < 4.78 is 34.3. The van der Waals surface area contributed by atoms with Gasteiger partial charge in [-0.25, -0.2) is 13.2 Å². The normalized spacial score (nSPS) is 12.7. The summed E-state index contributed by atoms with van der Waals surface area (Å²) in [7, 11) is -2.09.